The first-order chi connectivity index (χ1) is 13.9. The Morgan fingerprint density at radius 3 is 2.55 bits per heavy atom. The minimum absolute atomic E-state index is 0.0683. The van der Waals surface area contributed by atoms with Crippen molar-refractivity contribution in [3.8, 4) is 0 Å². The van der Waals surface area contributed by atoms with Crippen LogP contribution < -0.4 is 15.5 Å². The van der Waals surface area contributed by atoms with Crippen molar-refractivity contribution in [1.29, 1.82) is 0 Å². The Balaban J connectivity index is 1.63. The molecule has 1 aliphatic rings. The second-order valence-electron chi connectivity index (χ2n) is 6.49. The molecule has 2 N–H and O–H groups in total. The van der Waals surface area contributed by atoms with Crippen molar-refractivity contribution >= 4 is 57.9 Å². The average molecular weight is 430 g/mol. The first-order valence-corrected chi connectivity index (χ1v) is 10.1. The van der Waals surface area contributed by atoms with Crippen LogP contribution in [0.3, 0.4) is 0 Å². The van der Waals surface area contributed by atoms with E-state index in [0.29, 0.717) is 15.9 Å². The minimum atomic E-state index is -0.590. The predicted molar refractivity (Wildman–Crippen MR) is 120 cm³/mol. The van der Waals surface area contributed by atoms with Crippen LogP contribution in [0.1, 0.15) is 12.0 Å². The highest BCUT2D eigenvalue weighted by Crippen LogP contribution is 2.23. The van der Waals surface area contributed by atoms with E-state index in [-0.39, 0.29) is 18.2 Å². The number of nitrogens with zero attached hydrogens (tertiary/aromatic N) is 3. The fourth-order valence-corrected chi connectivity index (χ4v) is 3.57. The van der Waals surface area contributed by atoms with E-state index in [4.69, 9.17) is 11.6 Å². The zero-order chi connectivity index (χ0) is 20.8. The molecule has 3 rings (SSSR count). The molecule has 1 fully saturated rings. The van der Waals surface area contributed by atoms with E-state index in [1.807, 2.05) is 43.3 Å². The molecule has 29 heavy (non-hydrogen) atoms. The summed E-state index contributed by atoms with van der Waals surface area (Å²) in [5.41, 5.74) is 2.57. The molecular formula is C20H20ClN5O2S. The molecule has 0 aromatic heterocycles. The summed E-state index contributed by atoms with van der Waals surface area (Å²) in [5.74, 6) is -0.549. The van der Waals surface area contributed by atoms with Crippen molar-refractivity contribution in [3.63, 3.8) is 0 Å². The summed E-state index contributed by atoms with van der Waals surface area (Å²) >= 11 is 7.02. The fraction of sp³-hybridized carbons (Fsp3) is 0.200. The summed E-state index contributed by atoms with van der Waals surface area (Å²) in [4.78, 5) is 26.4. The van der Waals surface area contributed by atoms with Gasteiger partial charge in [-0.25, -0.2) is 0 Å². The molecule has 0 unspecified atom stereocenters. The Bertz CT molecular complexity index is 942. The van der Waals surface area contributed by atoms with Crippen molar-refractivity contribution in [3.05, 3.63) is 59.1 Å². The van der Waals surface area contributed by atoms with E-state index >= 15 is 0 Å². The average Bonchev–Trinajstić information content (AvgIpc) is 2.69. The Kier molecular flexibility index (Phi) is 6.90. The van der Waals surface area contributed by atoms with Crippen LogP contribution in [0, 0.1) is 0 Å². The number of carbonyl (C=O) groups excluding carboxylic acids is 2. The topological polar surface area (TPSA) is 86.2 Å². The molecule has 1 atom stereocenters. The molecule has 2 aromatic rings. The van der Waals surface area contributed by atoms with Gasteiger partial charge in [0, 0.05) is 36.9 Å². The van der Waals surface area contributed by atoms with Crippen LogP contribution >= 0.6 is 23.4 Å². The number of halogens is 1. The number of rotatable bonds is 5. The Morgan fingerprint density at radius 1 is 1.21 bits per heavy atom. The van der Waals surface area contributed by atoms with Crippen molar-refractivity contribution in [2.45, 2.75) is 11.7 Å². The molecular weight excluding hydrogens is 410 g/mol. The van der Waals surface area contributed by atoms with Gasteiger partial charge in [-0.2, -0.15) is 5.10 Å². The second kappa shape index (κ2) is 9.58. The normalized spacial score (nSPS) is 18.0. The van der Waals surface area contributed by atoms with Gasteiger partial charge in [-0.3, -0.25) is 9.59 Å². The van der Waals surface area contributed by atoms with Crippen LogP contribution in [0.25, 0.3) is 0 Å². The van der Waals surface area contributed by atoms with Crippen molar-refractivity contribution in [1.82, 2.24) is 5.32 Å². The van der Waals surface area contributed by atoms with E-state index in [1.54, 1.807) is 30.5 Å². The maximum atomic E-state index is 12.5. The van der Waals surface area contributed by atoms with Gasteiger partial charge < -0.3 is 15.5 Å². The number of carbonyl (C=O) groups is 2. The molecule has 1 saturated heterocycles. The van der Waals surface area contributed by atoms with E-state index in [1.165, 1.54) is 11.8 Å². The van der Waals surface area contributed by atoms with Crippen LogP contribution in [-0.4, -0.2) is 42.5 Å². The summed E-state index contributed by atoms with van der Waals surface area (Å²) in [6.07, 6.45) is 1.66. The maximum Gasteiger partial charge on any atom is 0.238 e. The molecule has 0 bridgehead atoms. The van der Waals surface area contributed by atoms with Gasteiger partial charge in [0.2, 0.25) is 11.8 Å². The summed E-state index contributed by atoms with van der Waals surface area (Å²) in [7, 11) is 3.94. The number of nitrogens with one attached hydrogen (secondary N) is 2. The van der Waals surface area contributed by atoms with Gasteiger partial charge in [0.1, 0.15) is 5.25 Å². The maximum absolute atomic E-state index is 12.5. The lowest BCUT2D eigenvalue weighted by Crippen LogP contribution is -2.41. The monoisotopic (exact) mass is 429 g/mol. The molecule has 0 aliphatic carbocycles. The lowest BCUT2D eigenvalue weighted by Gasteiger charge is -2.21. The van der Waals surface area contributed by atoms with Gasteiger partial charge >= 0.3 is 0 Å². The molecule has 2 amide bonds. The van der Waals surface area contributed by atoms with Crippen LogP contribution in [0.2, 0.25) is 5.02 Å². The van der Waals surface area contributed by atoms with E-state index in [9.17, 15) is 9.59 Å². The molecule has 0 spiro atoms. The Morgan fingerprint density at radius 2 is 1.90 bits per heavy atom. The first kappa shape index (κ1) is 20.9. The van der Waals surface area contributed by atoms with Gasteiger partial charge in [0.05, 0.1) is 6.21 Å². The first-order valence-electron chi connectivity index (χ1n) is 8.82. The zero-order valence-corrected chi connectivity index (χ0v) is 17.5. The zero-order valence-electron chi connectivity index (χ0n) is 15.9. The molecule has 1 heterocycles. The molecule has 7 nitrogen and oxygen atoms in total. The summed E-state index contributed by atoms with van der Waals surface area (Å²) in [5, 5.41) is 13.8. The van der Waals surface area contributed by atoms with Crippen LogP contribution in [0.15, 0.2) is 58.7 Å². The third-order valence-corrected chi connectivity index (χ3v) is 5.36. The summed E-state index contributed by atoms with van der Waals surface area (Å²) in [6.45, 7) is 0. The third-order valence-electron chi connectivity index (χ3n) is 4.04. The summed E-state index contributed by atoms with van der Waals surface area (Å²) in [6, 6.07) is 14.6. The number of thioether (sulfide) groups is 1. The highest BCUT2D eigenvalue weighted by atomic mass is 35.5. The Labute approximate surface area is 178 Å². The van der Waals surface area contributed by atoms with Crippen molar-refractivity contribution in [2.24, 2.45) is 10.2 Å². The second-order valence-corrected chi connectivity index (χ2v) is 8.12. The number of amidine groups is 1. The molecule has 2 aromatic carbocycles. The number of benzene rings is 2. The number of anilines is 2. The molecule has 0 radical (unpaired) electrons. The van der Waals surface area contributed by atoms with Gasteiger partial charge in [0.15, 0.2) is 5.17 Å². The van der Waals surface area contributed by atoms with Crippen molar-refractivity contribution in [2.75, 3.05) is 24.3 Å². The third kappa shape index (κ3) is 6.07. The highest BCUT2D eigenvalue weighted by molar-refractivity contribution is 8.15. The predicted octanol–water partition coefficient (Wildman–Crippen LogP) is 3.36. The van der Waals surface area contributed by atoms with Crippen LogP contribution in [0.5, 0.6) is 0 Å². The van der Waals surface area contributed by atoms with Gasteiger partial charge in [-0.05, 0) is 42.0 Å². The molecule has 1 aliphatic heterocycles. The van der Waals surface area contributed by atoms with E-state index in [0.717, 1.165) is 11.3 Å². The Hall–Kier alpha value is -2.84. The fourth-order valence-electron chi connectivity index (χ4n) is 2.50. The largest absolute Gasteiger partial charge is 0.378 e. The highest BCUT2D eigenvalue weighted by Gasteiger charge is 2.30. The summed E-state index contributed by atoms with van der Waals surface area (Å²) < 4.78 is 0. The lowest BCUT2D eigenvalue weighted by molar-refractivity contribution is -0.123. The number of hydrogen-bond acceptors (Lipinski definition) is 6. The molecule has 9 heteroatoms. The quantitative estimate of drug-likeness (QED) is 0.563. The minimum Gasteiger partial charge on any atom is -0.378 e. The van der Waals surface area contributed by atoms with E-state index in [2.05, 4.69) is 20.8 Å². The van der Waals surface area contributed by atoms with Crippen LogP contribution in [-0.2, 0) is 9.59 Å². The standard InChI is InChI=1S/C20H20ClN5O2S/c1-26(2)16-9-3-13(4-10-16)12-22-25-20-24-18(27)11-17(29-20)19(28)23-15-7-5-14(21)6-8-15/h3-10,12,17H,11H2,1-2H3,(H,23,28)(H,24,25,27)/b22-12-/t17-/m0/s1. The molecule has 0 saturated carbocycles. The van der Waals surface area contributed by atoms with E-state index < -0.39 is 5.25 Å². The molecule has 150 valence electrons. The van der Waals surface area contributed by atoms with Crippen LogP contribution in [0.4, 0.5) is 11.4 Å². The van der Waals surface area contributed by atoms with Gasteiger partial charge in [-0.15, -0.1) is 5.10 Å². The lowest BCUT2D eigenvalue weighted by atomic mass is 10.2. The van der Waals surface area contributed by atoms with Gasteiger partial charge in [-0.1, -0.05) is 35.5 Å². The number of amides is 2. The SMILES string of the molecule is CN(C)c1ccc(/C=N\N=C2NC(=O)C[C@@H](C(=O)Nc3ccc(Cl)cc3)S2)cc1. The van der Waals surface area contributed by atoms with Gasteiger partial charge in [0.25, 0.3) is 0 Å². The van der Waals surface area contributed by atoms with Crippen molar-refractivity contribution < 1.29 is 9.59 Å². The number of hydrogen-bond donors (Lipinski definition) is 2. The smallest absolute Gasteiger partial charge is 0.238 e.